The van der Waals surface area contributed by atoms with Crippen LogP contribution < -0.4 is 0 Å². The van der Waals surface area contributed by atoms with E-state index in [2.05, 4.69) is 39.8 Å². The molecule has 0 aromatic carbocycles. The highest BCUT2D eigenvalue weighted by Gasteiger charge is 2.16. The molecule has 0 aliphatic heterocycles. The zero-order valence-electron chi connectivity index (χ0n) is 11.0. The molecule has 3 nitrogen and oxygen atoms in total. The Morgan fingerprint density at radius 1 is 1.47 bits per heavy atom. The van der Waals surface area contributed by atoms with E-state index in [0.29, 0.717) is 6.04 Å². The maximum atomic E-state index is 6.26. The minimum absolute atomic E-state index is 0.518. The first-order valence-electron chi connectivity index (χ1n) is 5.95. The molecule has 0 saturated carbocycles. The van der Waals surface area contributed by atoms with Gasteiger partial charge in [0.05, 0.1) is 5.69 Å². The summed E-state index contributed by atoms with van der Waals surface area (Å²) in [6, 6.07) is 0.518. The highest BCUT2D eigenvalue weighted by molar-refractivity contribution is 9.09. The van der Waals surface area contributed by atoms with Crippen LogP contribution in [0.25, 0.3) is 0 Å². The molecular formula is C12H21BrClN3. The number of alkyl halides is 1. The predicted octanol–water partition coefficient (Wildman–Crippen LogP) is 3.38. The Labute approximate surface area is 117 Å². The van der Waals surface area contributed by atoms with Gasteiger partial charge >= 0.3 is 0 Å². The van der Waals surface area contributed by atoms with Crippen molar-refractivity contribution in [2.75, 3.05) is 11.9 Å². The van der Waals surface area contributed by atoms with E-state index in [1.54, 1.807) is 4.68 Å². The molecule has 0 saturated heterocycles. The molecule has 1 aromatic heterocycles. The summed E-state index contributed by atoms with van der Waals surface area (Å²) in [5.41, 5.74) is 2.18. The van der Waals surface area contributed by atoms with E-state index in [1.165, 1.54) is 0 Å². The van der Waals surface area contributed by atoms with Crippen LogP contribution in [-0.4, -0.2) is 32.6 Å². The normalized spacial score (nSPS) is 11.8. The highest BCUT2D eigenvalue weighted by Crippen LogP contribution is 2.21. The van der Waals surface area contributed by atoms with Gasteiger partial charge in [0.1, 0.15) is 5.15 Å². The molecular weight excluding hydrogens is 302 g/mol. The van der Waals surface area contributed by atoms with Gasteiger partial charge in [-0.3, -0.25) is 9.58 Å². The second-order valence-electron chi connectivity index (χ2n) is 4.59. The minimum Gasteiger partial charge on any atom is -0.296 e. The molecule has 98 valence electrons. The summed E-state index contributed by atoms with van der Waals surface area (Å²) >= 11 is 9.74. The lowest BCUT2D eigenvalue weighted by Gasteiger charge is -2.26. The van der Waals surface area contributed by atoms with Crippen LogP contribution in [0, 0.1) is 6.92 Å². The SMILES string of the molecule is Cc1nn(C)c(Cl)c1CN(CCCBr)C(C)C. The number of aryl methyl sites for hydroxylation is 2. The summed E-state index contributed by atoms with van der Waals surface area (Å²) in [5, 5.41) is 6.15. The van der Waals surface area contributed by atoms with E-state index in [4.69, 9.17) is 11.6 Å². The van der Waals surface area contributed by atoms with Crippen molar-refractivity contribution in [2.24, 2.45) is 7.05 Å². The monoisotopic (exact) mass is 321 g/mol. The zero-order valence-corrected chi connectivity index (χ0v) is 13.3. The zero-order chi connectivity index (χ0) is 13.0. The number of hydrogen-bond acceptors (Lipinski definition) is 2. The third kappa shape index (κ3) is 3.97. The Morgan fingerprint density at radius 2 is 2.12 bits per heavy atom. The molecule has 17 heavy (non-hydrogen) atoms. The third-order valence-electron chi connectivity index (χ3n) is 2.94. The molecule has 5 heteroatoms. The molecule has 1 heterocycles. The fourth-order valence-electron chi connectivity index (χ4n) is 1.84. The molecule has 0 N–H and O–H groups in total. The van der Waals surface area contributed by atoms with E-state index in [-0.39, 0.29) is 0 Å². The van der Waals surface area contributed by atoms with Crippen LogP contribution in [0.15, 0.2) is 0 Å². The predicted molar refractivity (Wildman–Crippen MR) is 76.9 cm³/mol. The molecule has 0 atom stereocenters. The average molecular weight is 323 g/mol. The Bertz CT molecular complexity index is 363. The highest BCUT2D eigenvalue weighted by atomic mass is 79.9. The van der Waals surface area contributed by atoms with Crippen molar-refractivity contribution >= 4 is 27.5 Å². The number of rotatable bonds is 6. The first-order valence-corrected chi connectivity index (χ1v) is 7.45. The molecule has 1 aromatic rings. The molecule has 0 fully saturated rings. The van der Waals surface area contributed by atoms with Gasteiger partial charge in [-0.1, -0.05) is 27.5 Å². The van der Waals surface area contributed by atoms with Crippen molar-refractivity contribution < 1.29 is 0 Å². The van der Waals surface area contributed by atoms with Gasteiger partial charge < -0.3 is 0 Å². The van der Waals surface area contributed by atoms with Gasteiger partial charge in [-0.15, -0.1) is 0 Å². The number of nitrogens with zero attached hydrogens (tertiary/aromatic N) is 3. The summed E-state index contributed by atoms with van der Waals surface area (Å²) in [6.07, 6.45) is 1.15. The summed E-state index contributed by atoms with van der Waals surface area (Å²) in [7, 11) is 1.89. The molecule has 0 aliphatic rings. The molecule has 0 aliphatic carbocycles. The molecule has 0 unspecified atom stereocenters. The second kappa shape index (κ2) is 6.76. The van der Waals surface area contributed by atoms with Gasteiger partial charge in [0.15, 0.2) is 0 Å². The van der Waals surface area contributed by atoms with Crippen molar-refractivity contribution in [2.45, 2.75) is 39.8 Å². The van der Waals surface area contributed by atoms with Gasteiger partial charge in [0.2, 0.25) is 0 Å². The lowest BCUT2D eigenvalue weighted by Crippen LogP contribution is -2.31. The molecule has 1 rings (SSSR count). The van der Waals surface area contributed by atoms with Crippen LogP contribution in [0.4, 0.5) is 0 Å². The smallest absolute Gasteiger partial charge is 0.131 e. The first kappa shape index (κ1) is 15.0. The van der Waals surface area contributed by atoms with E-state index in [9.17, 15) is 0 Å². The molecule has 0 radical (unpaired) electrons. The lowest BCUT2D eigenvalue weighted by atomic mass is 10.2. The van der Waals surface area contributed by atoms with Gasteiger partial charge in [-0.05, 0) is 33.7 Å². The van der Waals surface area contributed by atoms with Gasteiger partial charge in [-0.2, -0.15) is 5.10 Å². The quantitative estimate of drug-likeness (QED) is 0.749. The van der Waals surface area contributed by atoms with Crippen molar-refractivity contribution in [3.8, 4) is 0 Å². The average Bonchev–Trinajstić information content (AvgIpc) is 2.49. The van der Waals surface area contributed by atoms with Crippen molar-refractivity contribution in [1.82, 2.24) is 14.7 Å². The maximum Gasteiger partial charge on any atom is 0.131 e. The largest absolute Gasteiger partial charge is 0.296 e. The van der Waals surface area contributed by atoms with Crippen LogP contribution in [0.2, 0.25) is 5.15 Å². The molecule has 0 amide bonds. The summed E-state index contributed by atoms with van der Waals surface area (Å²) in [5.74, 6) is 0. The number of hydrogen-bond donors (Lipinski definition) is 0. The van der Waals surface area contributed by atoms with E-state index < -0.39 is 0 Å². The fourth-order valence-corrected chi connectivity index (χ4v) is 2.32. The van der Waals surface area contributed by atoms with Crippen LogP contribution in [0.3, 0.4) is 0 Å². The fraction of sp³-hybridized carbons (Fsp3) is 0.750. The Balaban J connectivity index is 2.78. The number of aromatic nitrogens is 2. The van der Waals surface area contributed by atoms with E-state index in [1.807, 2.05) is 14.0 Å². The van der Waals surface area contributed by atoms with Crippen molar-refractivity contribution in [1.29, 1.82) is 0 Å². The van der Waals surface area contributed by atoms with Crippen LogP contribution >= 0.6 is 27.5 Å². The van der Waals surface area contributed by atoms with Crippen molar-refractivity contribution in [3.63, 3.8) is 0 Å². The maximum absolute atomic E-state index is 6.26. The van der Waals surface area contributed by atoms with E-state index in [0.717, 1.165) is 41.3 Å². The molecule has 0 spiro atoms. The molecule has 0 bridgehead atoms. The Hall–Kier alpha value is -0.0600. The van der Waals surface area contributed by atoms with Crippen LogP contribution in [0.1, 0.15) is 31.5 Å². The summed E-state index contributed by atoms with van der Waals surface area (Å²) in [6.45, 7) is 8.41. The van der Waals surface area contributed by atoms with Gasteiger partial charge in [0, 0.05) is 30.5 Å². The Morgan fingerprint density at radius 3 is 2.53 bits per heavy atom. The second-order valence-corrected chi connectivity index (χ2v) is 5.74. The topological polar surface area (TPSA) is 21.1 Å². The first-order chi connectivity index (χ1) is 7.97. The third-order valence-corrected chi connectivity index (χ3v) is 3.97. The van der Waals surface area contributed by atoms with Crippen LogP contribution in [-0.2, 0) is 13.6 Å². The summed E-state index contributed by atoms with van der Waals surface area (Å²) in [4.78, 5) is 2.43. The van der Waals surface area contributed by atoms with E-state index >= 15 is 0 Å². The van der Waals surface area contributed by atoms with Gasteiger partial charge in [-0.25, -0.2) is 0 Å². The number of halogens is 2. The Kier molecular flexibility index (Phi) is 5.97. The summed E-state index contributed by atoms with van der Waals surface area (Å²) < 4.78 is 1.75. The van der Waals surface area contributed by atoms with Crippen LogP contribution in [0.5, 0.6) is 0 Å². The van der Waals surface area contributed by atoms with Crippen molar-refractivity contribution in [3.05, 3.63) is 16.4 Å². The van der Waals surface area contributed by atoms with Gasteiger partial charge in [0.25, 0.3) is 0 Å². The lowest BCUT2D eigenvalue weighted by molar-refractivity contribution is 0.214. The minimum atomic E-state index is 0.518. The standard InChI is InChI=1S/C12H21BrClN3/c1-9(2)17(7-5-6-13)8-11-10(3)15-16(4)12(11)14/h9H,5-8H2,1-4H3.